The van der Waals surface area contributed by atoms with E-state index >= 15 is 0 Å². The summed E-state index contributed by atoms with van der Waals surface area (Å²) in [7, 11) is 0. The Labute approximate surface area is 210 Å². The highest BCUT2D eigenvalue weighted by atomic mass is 79.9. The fraction of sp³-hybridized carbons (Fsp3) is 0.731. The highest BCUT2D eigenvalue weighted by Gasteiger charge is 2.83. The van der Waals surface area contributed by atoms with Crippen molar-refractivity contribution in [3.63, 3.8) is 0 Å². The van der Waals surface area contributed by atoms with E-state index in [1.165, 1.54) is 0 Å². The Balaban J connectivity index is 1.40. The van der Waals surface area contributed by atoms with Crippen molar-refractivity contribution < 1.29 is 24.6 Å². The number of nitrogens with zero attached hydrogens (tertiary/aromatic N) is 1. The summed E-state index contributed by atoms with van der Waals surface area (Å²) in [6.45, 7) is 11.1. The van der Waals surface area contributed by atoms with Crippen LogP contribution < -0.4 is 10.1 Å². The number of rotatable bonds is 8. The quantitative estimate of drug-likeness (QED) is 0.472. The number of carbonyl (C=O) groups excluding carboxylic acids is 1. The Bertz CT molecular complexity index is 963. The maximum atomic E-state index is 13.9. The third-order valence-corrected chi connectivity index (χ3v) is 10.2. The van der Waals surface area contributed by atoms with Crippen molar-refractivity contribution in [1.29, 1.82) is 0 Å². The Kier molecular flexibility index (Phi) is 6.08. The zero-order valence-electron chi connectivity index (χ0n) is 20.6. The van der Waals surface area contributed by atoms with E-state index in [4.69, 9.17) is 9.57 Å². The van der Waals surface area contributed by atoms with E-state index in [0.717, 1.165) is 16.5 Å². The van der Waals surface area contributed by atoms with Crippen LogP contribution in [0.4, 0.5) is 0 Å². The predicted molar refractivity (Wildman–Crippen MR) is 131 cm³/mol. The van der Waals surface area contributed by atoms with Crippen molar-refractivity contribution in [2.45, 2.75) is 71.4 Å². The number of hydroxylamine groups is 2. The molecule has 0 bridgehead atoms. The smallest absolute Gasteiger partial charge is 0.240 e. The molecule has 188 valence electrons. The van der Waals surface area contributed by atoms with Gasteiger partial charge >= 0.3 is 0 Å². The van der Waals surface area contributed by atoms with Crippen LogP contribution in [-0.2, 0) is 16.2 Å². The molecule has 9 atom stereocenters. The molecule has 8 heteroatoms. The Morgan fingerprint density at radius 3 is 2.71 bits per heavy atom. The van der Waals surface area contributed by atoms with Gasteiger partial charge in [0, 0.05) is 17.0 Å². The number of para-hydroxylation sites is 1. The molecule has 1 aromatic carbocycles. The minimum Gasteiger partial charge on any atom is -0.492 e. The first kappa shape index (κ1) is 24.5. The lowest BCUT2D eigenvalue weighted by atomic mass is 9.21. The van der Waals surface area contributed by atoms with Gasteiger partial charge in [0.2, 0.25) is 5.91 Å². The largest absolute Gasteiger partial charge is 0.492 e. The summed E-state index contributed by atoms with van der Waals surface area (Å²) in [5.41, 5.74) is 1.09. The molecule has 3 aliphatic carbocycles. The molecule has 1 saturated heterocycles. The summed E-state index contributed by atoms with van der Waals surface area (Å²) < 4.78 is 6.69. The third kappa shape index (κ3) is 3.25. The topological polar surface area (TPSA) is 91.3 Å². The number of carbonyl (C=O) groups is 1. The SMILES string of the molecule is CCOc1c(Br)cccc1CN1O[C@@H](CO)[C@@H]([C@H](C)O)[C@H]1C(=O)N[C@@]12C[C@H]3C1[C@@H]([C@@H]2C)C3(C)C. The van der Waals surface area contributed by atoms with Crippen molar-refractivity contribution in [2.75, 3.05) is 13.2 Å². The first-order chi connectivity index (χ1) is 16.1. The summed E-state index contributed by atoms with van der Waals surface area (Å²) in [4.78, 5) is 19.9. The molecule has 1 aliphatic heterocycles. The maximum Gasteiger partial charge on any atom is 0.240 e. The summed E-state index contributed by atoms with van der Waals surface area (Å²) >= 11 is 3.55. The molecule has 1 aromatic rings. The van der Waals surface area contributed by atoms with Crippen molar-refractivity contribution >= 4 is 21.8 Å². The van der Waals surface area contributed by atoms with E-state index in [0.29, 0.717) is 48.0 Å². The van der Waals surface area contributed by atoms with Gasteiger partial charge in [-0.15, -0.1) is 0 Å². The van der Waals surface area contributed by atoms with Crippen LogP contribution >= 0.6 is 15.9 Å². The zero-order chi connectivity index (χ0) is 24.6. The minimum absolute atomic E-state index is 0.122. The number of benzene rings is 1. The number of aliphatic hydroxyl groups excluding tert-OH is 2. The summed E-state index contributed by atoms with van der Waals surface area (Å²) in [5, 5.41) is 25.7. The van der Waals surface area contributed by atoms with Crippen molar-refractivity contribution in [3.8, 4) is 5.75 Å². The van der Waals surface area contributed by atoms with Gasteiger partial charge < -0.3 is 20.3 Å². The summed E-state index contributed by atoms with van der Waals surface area (Å²) in [5.74, 6) is 2.39. The molecule has 4 aliphatic rings. The van der Waals surface area contributed by atoms with Crippen molar-refractivity contribution in [3.05, 3.63) is 28.2 Å². The second-order valence-electron chi connectivity index (χ2n) is 11.3. The zero-order valence-corrected chi connectivity index (χ0v) is 22.2. The molecule has 0 radical (unpaired) electrons. The number of aliphatic hydroxyl groups is 2. The van der Waals surface area contributed by atoms with Gasteiger partial charge in [-0.2, -0.15) is 5.06 Å². The molecular formula is C26H37BrN2O5. The highest BCUT2D eigenvalue weighted by molar-refractivity contribution is 9.10. The lowest BCUT2D eigenvalue weighted by Crippen LogP contribution is -2.90. The van der Waals surface area contributed by atoms with Crippen LogP contribution in [0.25, 0.3) is 0 Å². The third-order valence-electron chi connectivity index (χ3n) is 9.54. The first-order valence-electron chi connectivity index (χ1n) is 12.5. The number of amides is 1. The molecule has 5 rings (SSSR count). The monoisotopic (exact) mass is 536 g/mol. The number of hydrogen-bond donors (Lipinski definition) is 3. The molecule has 0 aromatic heterocycles. The number of ether oxygens (including phenoxy) is 1. The van der Waals surface area contributed by atoms with E-state index in [1.54, 1.807) is 12.0 Å². The lowest BCUT2D eigenvalue weighted by Gasteiger charge is -2.86. The van der Waals surface area contributed by atoms with E-state index < -0.39 is 24.2 Å². The van der Waals surface area contributed by atoms with Gasteiger partial charge in [0.05, 0.1) is 30.3 Å². The molecule has 3 saturated carbocycles. The van der Waals surface area contributed by atoms with Crippen LogP contribution in [0, 0.1) is 35.0 Å². The molecule has 1 heterocycles. The standard InChI is InChI=1S/C26H37BrN2O5/c1-6-33-23-15(8-7-9-17(23)27)11-29-22(19(14(3)31)18(12-30)34-29)24(32)28-26-10-16-21(26)20(13(26)2)25(16,4)5/h7-9,13-14,16,18-22,30-31H,6,10-12H2,1-5H3,(H,28,32)/t13-,14-,16-,18-,19+,20+,21?,22-,26+/m0/s1. The summed E-state index contributed by atoms with van der Waals surface area (Å²) in [6.07, 6.45) is -0.447. The van der Waals surface area contributed by atoms with E-state index in [2.05, 4.69) is 42.0 Å². The van der Waals surface area contributed by atoms with E-state index in [-0.39, 0.29) is 18.1 Å². The van der Waals surface area contributed by atoms with Crippen LogP contribution in [0.1, 0.15) is 46.6 Å². The Morgan fingerprint density at radius 1 is 1.38 bits per heavy atom. The average molecular weight is 537 g/mol. The van der Waals surface area contributed by atoms with E-state index in [9.17, 15) is 15.0 Å². The second kappa shape index (κ2) is 8.44. The Morgan fingerprint density at radius 2 is 2.12 bits per heavy atom. The molecule has 1 unspecified atom stereocenters. The van der Waals surface area contributed by atoms with Crippen LogP contribution in [0.3, 0.4) is 0 Å². The Hall–Kier alpha value is -1.19. The van der Waals surface area contributed by atoms with Gasteiger partial charge in [-0.3, -0.25) is 9.63 Å². The van der Waals surface area contributed by atoms with Crippen LogP contribution in [-0.4, -0.2) is 58.2 Å². The van der Waals surface area contributed by atoms with E-state index in [1.807, 2.05) is 25.1 Å². The molecule has 34 heavy (non-hydrogen) atoms. The number of hydrogen-bond acceptors (Lipinski definition) is 6. The second-order valence-corrected chi connectivity index (χ2v) is 12.2. The fourth-order valence-corrected chi connectivity index (χ4v) is 8.46. The lowest BCUT2D eigenvalue weighted by molar-refractivity contribution is -0.349. The highest BCUT2D eigenvalue weighted by Crippen LogP contribution is 2.81. The first-order valence-corrected chi connectivity index (χ1v) is 13.3. The normalized spacial score (nSPS) is 40.4. The molecule has 4 fully saturated rings. The van der Waals surface area contributed by atoms with Gasteiger partial charge in [0.15, 0.2) is 0 Å². The van der Waals surface area contributed by atoms with Gasteiger partial charge in [-0.1, -0.05) is 32.9 Å². The van der Waals surface area contributed by atoms with Gasteiger partial charge in [-0.25, -0.2) is 0 Å². The van der Waals surface area contributed by atoms with Crippen LogP contribution in [0.2, 0.25) is 0 Å². The fourth-order valence-electron chi connectivity index (χ4n) is 7.94. The van der Waals surface area contributed by atoms with Gasteiger partial charge in [0.25, 0.3) is 0 Å². The van der Waals surface area contributed by atoms with Crippen LogP contribution in [0.15, 0.2) is 22.7 Å². The predicted octanol–water partition coefficient (Wildman–Crippen LogP) is 3.12. The average Bonchev–Trinajstić information content (AvgIpc) is 3.14. The summed E-state index contributed by atoms with van der Waals surface area (Å²) in [6, 6.07) is 5.07. The molecule has 1 amide bonds. The van der Waals surface area contributed by atoms with Crippen molar-refractivity contribution in [2.24, 2.45) is 35.0 Å². The molecule has 7 nitrogen and oxygen atoms in total. The minimum atomic E-state index is -0.812. The molecule has 0 spiro atoms. The van der Waals surface area contributed by atoms with Gasteiger partial charge in [0.1, 0.15) is 17.9 Å². The van der Waals surface area contributed by atoms with Crippen LogP contribution in [0.5, 0.6) is 5.75 Å². The van der Waals surface area contributed by atoms with Gasteiger partial charge in [-0.05, 0) is 71.4 Å². The molecular weight excluding hydrogens is 500 g/mol. The number of halogens is 1. The maximum absolute atomic E-state index is 13.9. The number of nitrogens with one attached hydrogen (secondary N) is 1. The van der Waals surface area contributed by atoms with Crippen molar-refractivity contribution in [1.82, 2.24) is 10.4 Å². The molecule has 3 N–H and O–H groups in total.